The van der Waals surface area contributed by atoms with Gasteiger partial charge in [0.1, 0.15) is 5.82 Å². The van der Waals surface area contributed by atoms with Crippen LogP contribution in [0.2, 0.25) is 0 Å². The Balaban J connectivity index is 2.11. The first-order valence-electron chi connectivity index (χ1n) is 7.87. The average Bonchev–Trinajstić information content (AvgIpc) is 3.25. The Labute approximate surface area is 137 Å². The van der Waals surface area contributed by atoms with Crippen LogP contribution in [-0.2, 0) is 6.54 Å². The molecule has 0 unspecified atom stereocenters. The van der Waals surface area contributed by atoms with Gasteiger partial charge in [-0.1, -0.05) is 6.92 Å². The number of likely N-dealkylation sites (N-methyl/N-ethyl adjacent to an activating group) is 1. The van der Waals surface area contributed by atoms with Gasteiger partial charge in [-0.05, 0) is 55.4 Å². The number of anilines is 1. The van der Waals surface area contributed by atoms with Crippen LogP contribution >= 0.6 is 15.9 Å². The molecule has 0 aromatic carbocycles. The lowest BCUT2D eigenvalue weighted by atomic mass is 10.2. The van der Waals surface area contributed by atoms with Gasteiger partial charge in [0.05, 0.1) is 0 Å². The molecule has 1 aliphatic rings. The standard InChI is InChI=1S/C16H27BrN4/c1-4-7-21(9-8-20(2)3)16-13(10-14(17)12-19-16)11-18-15-5-6-15/h10,12,15,18H,4-9,11H2,1-3H3. The lowest BCUT2D eigenvalue weighted by Crippen LogP contribution is -2.34. The fourth-order valence-corrected chi connectivity index (χ4v) is 2.72. The molecule has 0 bridgehead atoms. The monoisotopic (exact) mass is 354 g/mol. The Kier molecular flexibility index (Phi) is 6.45. The normalized spacial score (nSPS) is 14.7. The van der Waals surface area contributed by atoms with E-state index in [2.05, 4.69) is 58.1 Å². The van der Waals surface area contributed by atoms with Gasteiger partial charge in [-0.3, -0.25) is 0 Å². The molecule has 1 N–H and O–H groups in total. The lowest BCUT2D eigenvalue weighted by Gasteiger charge is -2.27. The third kappa shape index (κ3) is 5.57. The van der Waals surface area contributed by atoms with E-state index in [9.17, 15) is 0 Å². The first kappa shape index (κ1) is 16.7. The van der Waals surface area contributed by atoms with E-state index < -0.39 is 0 Å². The van der Waals surface area contributed by atoms with Crippen LogP contribution in [0.3, 0.4) is 0 Å². The molecule has 2 rings (SSSR count). The van der Waals surface area contributed by atoms with Gasteiger partial charge in [-0.25, -0.2) is 4.98 Å². The zero-order valence-electron chi connectivity index (χ0n) is 13.4. The van der Waals surface area contributed by atoms with Crippen LogP contribution in [-0.4, -0.2) is 49.7 Å². The van der Waals surface area contributed by atoms with Gasteiger partial charge in [-0.15, -0.1) is 0 Å². The number of nitrogens with zero attached hydrogens (tertiary/aromatic N) is 3. The highest BCUT2D eigenvalue weighted by molar-refractivity contribution is 9.10. The second kappa shape index (κ2) is 8.11. The van der Waals surface area contributed by atoms with E-state index in [1.165, 1.54) is 18.4 Å². The van der Waals surface area contributed by atoms with Crippen molar-refractivity contribution in [1.29, 1.82) is 0 Å². The summed E-state index contributed by atoms with van der Waals surface area (Å²) in [6.45, 7) is 6.26. The number of aromatic nitrogens is 1. The first-order valence-corrected chi connectivity index (χ1v) is 8.67. The van der Waals surface area contributed by atoms with E-state index in [1.54, 1.807) is 0 Å². The molecular formula is C16H27BrN4. The maximum atomic E-state index is 4.69. The van der Waals surface area contributed by atoms with Crippen molar-refractivity contribution < 1.29 is 0 Å². The zero-order chi connectivity index (χ0) is 15.2. The molecule has 0 atom stereocenters. The topological polar surface area (TPSA) is 31.4 Å². The minimum Gasteiger partial charge on any atom is -0.355 e. The van der Waals surface area contributed by atoms with E-state index in [0.29, 0.717) is 0 Å². The Morgan fingerprint density at radius 2 is 2.05 bits per heavy atom. The van der Waals surface area contributed by atoms with Crippen molar-refractivity contribution >= 4 is 21.7 Å². The van der Waals surface area contributed by atoms with Gasteiger partial charge in [-0.2, -0.15) is 0 Å². The molecule has 1 aromatic heterocycles. The number of hydrogen-bond acceptors (Lipinski definition) is 4. The van der Waals surface area contributed by atoms with Crippen LogP contribution in [0.1, 0.15) is 31.7 Å². The van der Waals surface area contributed by atoms with E-state index in [1.807, 2.05) is 6.20 Å². The number of rotatable bonds is 9. The second-order valence-electron chi connectivity index (χ2n) is 6.08. The molecular weight excluding hydrogens is 328 g/mol. The van der Waals surface area contributed by atoms with Crippen LogP contribution in [0.15, 0.2) is 16.7 Å². The molecule has 118 valence electrons. The third-order valence-corrected chi connectivity index (χ3v) is 4.11. The summed E-state index contributed by atoms with van der Waals surface area (Å²) in [5, 5.41) is 3.60. The summed E-state index contributed by atoms with van der Waals surface area (Å²) < 4.78 is 1.06. The highest BCUT2D eigenvalue weighted by Crippen LogP contribution is 2.24. The highest BCUT2D eigenvalue weighted by Gasteiger charge is 2.21. The summed E-state index contributed by atoms with van der Waals surface area (Å²) in [5.41, 5.74) is 1.29. The number of pyridine rings is 1. The molecule has 1 aliphatic carbocycles. The van der Waals surface area contributed by atoms with Crippen LogP contribution in [0.5, 0.6) is 0 Å². The number of halogens is 1. The molecule has 1 heterocycles. The third-order valence-electron chi connectivity index (χ3n) is 3.68. The lowest BCUT2D eigenvalue weighted by molar-refractivity contribution is 0.412. The van der Waals surface area contributed by atoms with Crippen molar-refractivity contribution in [2.45, 2.75) is 38.8 Å². The predicted molar refractivity (Wildman–Crippen MR) is 92.9 cm³/mol. The largest absolute Gasteiger partial charge is 0.355 e. The smallest absolute Gasteiger partial charge is 0.133 e. The molecule has 1 fully saturated rings. The molecule has 21 heavy (non-hydrogen) atoms. The molecule has 1 aromatic rings. The number of nitrogens with one attached hydrogen (secondary N) is 1. The summed E-state index contributed by atoms with van der Waals surface area (Å²) in [4.78, 5) is 9.33. The van der Waals surface area contributed by atoms with Crippen molar-refractivity contribution in [2.24, 2.45) is 0 Å². The minimum absolute atomic E-state index is 0.721. The Morgan fingerprint density at radius 3 is 2.67 bits per heavy atom. The fourth-order valence-electron chi connectivity index (χ4n) is 2.34. The molecule has 4 nitrogen and oxygen atoms in total. The van der Waals surface area contributed by atoms with Gasteiger partial charge in [0.25, 0.3) is 0 Å². The van der Waals surface area contributed by atoms with E-state index in [4.69, 9.17) is 4.98 Å². The summed E-state index contributed by atoms with van der Waals surface area (Å²) in [5.74, 6) is 1.13. The zero-order valence-corrected chi connectivity index (χ0v) is 15.0. The van der Waals surface area contributed by atoms with E-state index >= 15 is 0 Å². The van der Waals surface area contributed by atoms with Gasteiger partial charge >= 0.3 is 0 Å². The maximum Gasteiger partial charge on any atom is 0.133 e. The molecule has 0 saturated heterocycles. The van der Waals surface area contributed by atoms with Crippen molar-refractivity contribution in [3.05, 3.63) is 22.3 Å². The van der Waals surface area contributed by atoms with Gasteiger partial charge in [0, 0.05) is 48.5 Å². The molecule has 0 amide bonds. The summed E-state index contributed by atoms with van der Waals surface area (Å²) in [6.07, 6.45) is 5.68. The first-order chi connectivity index (χ1) is 10.1. The van der Waals surface area contributed by atoms with Crippen LogP contribution in [0, 0.1) is 0 Å². The summed E-state index contributed by atoms with van der Waals surface area (Å²) >= 11 is 3.55. The minimum atomic E-state index is 0.721. The molecule has 1 saturated carbocycles. The molecule has 5 heteroatoms. The Morgan fingerprint density at radius 1 is 1.29 bits per heavy atom. The highest BCUT2D eigenvalue weighted by atomic mass is 79.9. The maximum absolute atomic E-state index is 4.69. The predicted octanol–water partition coefficient (Wildman–Crippen LogP) is 2.87. The van der Waals surface area contributed by atoms with Crippen molar-refractivity contribution in [3.8, 4) is 0 Å². The van der Waals surface area contributed by atoms with Crippen molar-refractivity contribution in [2.75, 3.05) is 38.6 Å². The quantitative estimate of drug-likeness (QED) is 0.738. The molecule has 0 aliphatic heterocycles. The molecule has 0 spiro atoms. The summed E-state index contributed by atoms with van der Waals surface area (Å²) in [7, 11) is 4.24. The van der Waals surface area contributed by atoms with Gasteiger partial charge < -0.3 is 15.1 Å². The SMILES string of the molecule is CCCN(CCN(C)C)c1ncc(Br)cc1CNC1CC1. The van der Waals surface area contributed by atoms with Gasteiger partial charge in [0.2, 0.25) is 0 Å². The Bertz CT molecular complexity index is 446. The fraction of sp³-hybridized carbons (Fsp3) is 0.688. The van der Waals surface area contributed by atoms with Gasteiger partial charge in [0.15, 0.2) is 0 Å². The van der Waals surface area contributed by atoms with Crippen LogP contribution < -0.4 is 10.2 Å². The second-order valence-corrected chi connectivity index (χ2v) is 7.00. The summed E-state index contributed by atoms with van der Waals surface area (Å²) in [6, 6.07) is 2.92. The van der Waals surface area contributed by atoms with Crippen molar-refractivity contribution in [1.82, 2.24) is 15.2 Å². The van der Waals surface area contributed by atoms with E-state index in [0.717, 1.165) is 48.9 Å². The van der Waals surface area contributed by atoms with Crippen LogP contribution in [0.4, 0.5) is 5.82 Å². The van der Waals surface area contributed by atoms with Crippen LogP contribution in [0.25, 0.3) is 0 Å². The number of hydrogen-bond donors (Lipinski definition) is 1. The van der Waals surface area contributed by atoms with Crippen molar-refractivity contribution in [3.63, 3.8) is 0 Å². The molecule has 0 radical (unpaired) electrons. The Hall–Kier alpha value is -0.650. The average molecular weight is 355 g/mol. The van der Waals surface area contributed by atoms with E-state index in [-0.39, 0.29) is 0 Å².